The highest BCUT2D eigenvalue weighted by molar-refractivity contribution is 7.86. The number of nitriles is 1. The molecule has 0 saturated carbocycles. The molecule has 0 aromatic heterocycles. The summed E-state index contributed by atoms with van der Waals surface area (Å²) < 4.78 is 27.6. The summed E-state index contributed by atoms with van der Waals surface area (Å²) in [7, 11) is -3.72. The Morgan fingerprint density at radius 3 is 2.19 bits per heavy atom. The second-order valence-electron chi connectivity index (χ2n) is 6.46. The van der Waals surface area contributed by atoms with E-state index in [-0.39, 0.29) is 11.5 Å². The first kappa shape index (κ1) is 22.2. The Hall–Kier alpha value is -1.87. The maximum absolute atomic E-state index is 11.5. The minimum atomic E-state index is -3.72. The van der Waals surface area contributed by atoms with Gasteiger partial charge >= 0.3 is 10.1 Å². The maximum atomic E-state index is 11.5. The molecule has 0 N–H and O–H groups in total. The second-order valence-corrected chi connectivity index (χ2v) is 8.13. The fourth-order valence-corrected chi connectivity index (χ4v) is 3.40. The van der Waals surface area contributed by atoms with E-state index in [0.717, 1.165) is 12.8 Å². The smallest absolute Gasteiger partial charge is 0.267 e. The number of hydrogen-bond donors (Lipinski definition) is 0. The average Bonchev–Trinajstić information content (AvgIpc) is 2.62. The molecule has 1 rings (SSSR count). The normalized spacial score (nSPS) is 12.0. The lowest BCUT2D eigenvalue weighted by Gasteiger charge is -2.04. The molecule has 0 bridgehead atoms. The number of benzene rings is 1. The Kier molecular flexibility index (Phi) is 10.6. The van der Waals surface area contributed by atoms with Crippen LogP contribution in [0.1, 0.15) is 76.3 Å². The van der Waals surface area contributed by atoms with Gasteiger partial charge < -0.3 is 0 Å². The van der Waals surface area contributed by atoms with Crippen molar-refractivity contribution in [1.82, 2.24) is 0 Å². The zero-order valence-corrected chi connectivity index (χ0v) is 16.7. The molecule has 0 fully saturated rings. The summed E-state index contributed by atoms with van der Waals surface area (Å²) in [5.74, 6) is -0.118. The number of oxime groups is 1. The minimum Gasteiger partial charge on any atom is -0.267 e. The molecule has 1 aromatic rings. The van der Waals surface area contributed by atoms with Crippen molar-refractivity contribution in [2.75, 3.05) is 5.75 Å². The average molecular weight is 379 g/mol. The van der Waals surface area contributed by atoms with Gasteiger partial charge in [-0.05, 0) is 24.8 Å². The highest BCUT2D eigenvalue weighted by Crippen LogP contribution is 2.12. The van der Waals surface area contributed by atoms with Crippen molar-refractivity contribution >= 4 is 15.8 Å². The van der Waals surface area contributed by atoms with Crippen LogP contribution in [0.25, 0.3) is 0 Å². The summed E-state index contributed by atoms with van der Waals surface area (Å²) in [6.45, 7) is 3.96. The van der Waals surface area contributed by atoms with Crippen LogP contribution in [0.3, 0.4) is 0 Å². The van der Waals surface area contributed by atoms with E-state index in [1.807, 2.05) is 18.2 Å². The van der Waals surface area contributed by atoms with Gasteiger partial charge in [0.2, 0.25) is 0 Å². The van der Waals surface area contributed by atoms with Crippen LogP contribution in [0.5, 0.6) is 0 Å². The highest BCUT2D eigenvalue weighted by Gasteiger charge is 2.11. The van der Waals surface area contributed by atoms with E-state index < -0.39 is 10.1 Å². The van der Waals surface area contributed by atoms with E-state index >= 15 is 0 Å². The van der Waals surface area contributed by atoms with Gasteiger partial charge in [-0.15, -0.1) is 0 Å². The Balaban J connectivity index is 2.50. The van der Waals surface area contributed by atoms with Crippen molar-refractivity contribution in [3.8, 4) is 6.07 Å². The van der Waals surface area contributed by atoms with Crippen LogP contribution >= 0.6 is 0 Å². The molecule has 26 heavy (non-hydrogen) atoms. The molecule has 0 unspecified atom stereocenters. The third kappa shape index (κ3) is 9.00. The number of hydrogen-bond acceptors (Lipinski definition) is 5. The summed E-state index contributed by atoms with van der Waals surface area (Å²) in [4.78, 5) is 0. The largest absolute Gasteiger partial charge is 0.328 e. The number of aryl methyl sites for hydroxylation is 1. The molecule has 0 aliphatic rings. The zero-order valence-electron chi connectivity index (χ0n) is 15.9. The zero-order chi connectivity index (χ0) is 19.3. The van der Waals surface area contributed by atoms with Crippen molar-refractivity contribution in [2.24, 2.45) is 5.16 Å². The molecule has 0 aliphatic carbocycles. The minimum absolute atomic E-state index is 0.0350. The van der Waals surface area contributed by atoms with E-state index in [1.54, 1.807) is 19.1 Å². The van der Waals surface area contributed by atoms with Gasteiger partial charge in [-0.3, -0.25) is 4.28 Å². The Morgan fingerprint density at radius 2 is 1.62 bits per heavy atom. The van der Waals surface area contributed by atoms with Crippen LogP contribution in [0.15, 0.2) is 29.4 Å². The molecule has 0 amide bonds. The quantitative estimate of drug-likeness (QED) is 0.276. The summed E-state index contributed by atoms with van der Waals surface area (Å²) >= 11 is 0. The highest BCUT2D eigenvalue weighted by atomic mass is 32.2. The van der Waals surface area contributed by atoms with Crippen molar-refractivity contribution in [3.05, 3.63) is 35.4 Å². The molecule has 0 heterocycles. The van der Waals surface area contributed by atoms with Crippen LogP contribution in [0, 0.1) is 11.3 Å². The van der Waals surface area contributed by atoms with Gasteiger partial charge in [0.25, 0.3) is 0 Å². The van der Waals surface area contributed by atoms with E-state index in [9.17, 15) is 13.7 Å². The lowest BCUT2D eigenvalue weighted by Crippen LogP contribution is -2.08. The van der Waals surface area contributed by atoms with Gasteiger partial charge in [-0.2, -0.15) is 13.7 Å². The maximum Gasteiger partial charge on any atom is 0.328 e. The first-order valence-corrected chi connectivity index (χ1v) is 11.1. The van der Waals surface area contributed by atoms with Crippen LogP contribution in [-0.4, -0.2) is 19.9 Å². The number of nitrogens with zero attached hydrogens (tertiary/aromatic N) is 2. The second kappa shape index (κ2) is 12.5. The Bertz CT molecular complexity index is 689. The van der Waals surface area contributed by atoms with Crippen molar-refractivity contribution < 1.29 is 12.7 Å². The molecule has 144 valence electrons. The number of rotatable bonds is 13. The molecule has 0 spiro atoms. The summed E-state index contributed by atoms with van der Waals surface area (Å²) in [5.41, 5.74) is 1.73. The van der Waals surface area contributed by atoms with Gasteiger partial charge in [-0.1, -0.05) is 81.8 Å². The summed E-state index contributed by atoms with van der Waals surface area (Å²) in [6, 6.07) is 9.38. The topological polar surface area (TPSA) is 79.5 Å². The lowest BCUT2D eigenvalue weighted by molar-refractivity contribution is 0.339. The molecule has 0 radical (unpaired) electrons. The van der Waals surface area contributed by atoms with Crippen molar-refractivity contribution in [3.63, 3.8) is 0 Å². The standard InChI is InChI=1S/C20H30N2O3S/c1-3-5-6-7-8-9-10-11-18-12-14-19(15-13-18)20(17-21)22-25-26(23,24)16-4-2/h12-15H,3-11,16H2,1-2H3. The van der Waals surface area contributed by atoms with Gasteiger partial charge in [0, 0.05) is 5.56 Å². The molecular formula is C20H30N2O3S. The van der Waals surface area contributed by atoms with Gasteiger partial charge in [0.05, 0.1) is 5.75 Å². The fraction of sp³-hybridized carbons (Fsp3) is 0.600. The van der Waals surface area contributed by atoms with E-state index in [2.05, 4.69) is 16.4 Å². The van der Waals surface area contributed by atoms with Gasteiger partial charge in [0.15, 0.2) is 5.71 Å². The van der Waals surface area contributed by atoms with Crippen molar-refractivity contribution in [1.29, 1.82) is 5.26 Å². The molecule has 6 heteroatoms. The predicted octanol–water partition coefficient (Wildman–Crippen LogP) is 4.96. The first-order valence-electron chi connectivity index (χ1n) is 9.51. The number of unbranched alkanes of at least 4 members (excludes halogenated alkanes) is 6. The van der Waals surface area contributed by atoms with Crippen LogP contribution in [0.4, 0.5) is 0 Å². The lowest BCUT2D eigenvalue weighted by atomic mass is 10.0. The van der Waals surface area contributed by atoms with Crippen LogP contribution in [0.2, 0.25) is 0 Å². The molecular weight excluding hydrogens is 348 g/mol. The SMILES string of the molecule is CCCCCCCCCc1ccc(C(C#N)=NOS(=O)(=O)CCC)cc1. The third-order valence-corrected chi connectivity index (χ3v) is 5.31. The molecule has 1 aromatic carbocycles. The van der Waals surface area contributed by atoms with Crippen molar-refractivity contribution in [2.45, 2.75) is 71.6 Å². The van der Waals surface area contributed by atoms with Gasteiger partial charge in [-0.25, -0.2) is 0 Å². The molecule has 5 nitrogen and oxygen atoms in total. The molecule has 0 saturated heterocycles. The fourth-order valence-electron chi connectivity index (χ4n) is 2.63. The summed E-state index contributed by atoms with van der Waals surface area (Å²) in [5, 5.41) is 12.7. The predicted molar refractivity (Wildman–Crippen MR) is 105 cm³/mol. The Morgan fingerprint density at radius 1 is 1.00 bits per heavy atom. The van der Waals surface area contributed by atoms with E-state index in [1.165, 1.54) is 44.1 Å². The van der Waals surface area contributed by atoms with E-state index in [0.29, 0.717) is 12.0 Å². The van der Waals surface area contributed by atoms with E-state index in [4.69, 9.17) is 0 Å². The van der Waals surface area contributed by atoms with Crippen LogP contribution < -0.4 is 0 Å². The van der Waals surface area contributed by atoms with Gasteiger partial charge in [0.1, 0.15) is 6.07 Å². The first-order chi connectivity index (χ1) is 12.5. The summed E-state index contributed by atoms with van der Waals surface area (Å²) in [6.07, 6.45) is 10.4. The monoisotopic (exact) mass is 378 g/mol. The van der Waals surface area contributed by atoms with Crippen LogP contribution in [-0.2, 0) is 20.8 Å². The Labute approximate surface area is 158 Å². The third-order valence-electron chi connectivity index (χ3n) is 4.10. The molecule has 0 atom stereocenters. The molecule has 0 aliphatic heterocycles.